The summed E-state index contributed by atoms with van der Waals surface area (Å²) in [6.45, 7) is 9.48. The van der Waals surface area contributed by atoms with Crippen molar-refractivity contribution >= 4 is 0 Å². The molecule has 0 N–H and O–H groups in total. The third-order valence-corrected chi connectivity index (χ3v) is 1.14. The normalized spacial score (nSPS) is 11.2. The summed E-state index contributed by atoms with van der Waals surface area (Å²) >= 11 is 0. The van der Waals surface area contributed by atoms with Crippen molar-refractivity contribution in [1.29, 1.82) is 0 Å². The molecule has 0 amide bonds. The lowest BCUT2D eigenvalue weighted by Gasteiger charge is -2.02. The second kappa shape index (κ2) is 8.50. The molecule has 0 aromatic heterocycles. The van der Waals surface area contributed by atoms with Gasteiger partial charge in [0.1, 0.15) is 0 Å². The van der Waals surface area contributed by atoms with Crippen LogP contribution in [0.1, 0.15) is 13.8 Å². The van der Waals surface area contributed by atoms with Crippen LogP contribution >= 0.6 is 0 Å². The van der Waals surface area contributed by atoms with Crippen molar-refractivity contribution in [3.05, 3.63) is 24.8 Å². The van der Waals surface area contributed by atoms with E-state index in [4.69, 9.17) is 9.47 Å². The minimum atomic E-state index is 0.295. The largest absolute Gasteiger partial charge is 0.375 e. The highest BCUT2D eigenvalue weighted by molar-refractivity contribution is 4.81. The number of hydrogen-bond acceptors (Lipinski definition) is 2. The monoisotopic (exact) mass is 170 g/mol. The van der Waals surface area contributed by atoms with Crippen LogP contribution in [0.15, 0.2) is 24.8 Å². The smallest absolute Gasteiger partial charge is 0.0652 e. The van der Waals surface area contributed by atoms with Gasteiger partial charge in [-0.05, 0) is 13.8 Å². The van der Waals surface area contributed by atoms with Crippen molar-refractivity contribution < 1.29 is 9.47 Å². The highest BCUT2D eigenvalue weighted by Crippen LogP contribution is 1.87. The minimum Gasteiger partial charge on any atom is -0.375 e. The number of hydrogen-bond donors (Lipinski definition) is 0. The van der Waals surface area contributed by atoms with Crippen molar-refractivity contribution in [1.82, 2.24) is 0 Å². The van der Waals surface area contributed by atoms with Gasteiger partial charge in [0.05, 0.1) is 25.9 Å². The Kier molecular flexibility index (Phi) is 8.07. The van der Waals surface area contributed by atoms with Gasteiger partial charge in [-0.15, -0.1) is 6.58 Å². The zero-order valence-corrected chi connectivity index (χ0v) is 7.95. The van der Waals surface area contributed by atoms with Gasteiger partial charge in [0.25, 0.3) is 0 Å². The molecule has 2 heteroatoms. The Bertz CT molecular complexity index is 128. The lowest BCUT2D eigenvalue weighted by Crippen LogP contribution is -2.01. The summed E-state index contributed by atoms with van der Waals surface area (Å²) in [4.78, 5) is 0. The molecule has 12 heavy (non-hydrogen) atoms. The van der Waals surface area contributed by atoms with E-state index in [0.29, 0.717) is 25.9 Å². The maximum Gasteiger partial charge on any atom is 0.0652 e. The van der Waals surface area contributed by atoms with Crippen LogP contribution in [-0.2, 0) is 9.47 Å². The SMILES string of the molecule is C=CCOC/C=C/COC(C)C. The molecule has 0 aliphatic heterocycles. The summed E-state index contributed by atoms with van der Waals surface area (Å²) in [7, 11) is 0. The van der Waals surface area contributed by atoms with Crippen molar-refractivity contribution in [3.63, 3.8) is 0 Å². The summed E-state index contributed by atoms with van der Waals surface area (Å²) in [5.74, 6) is 0. The van der Waals surface area contributed by atoms with Gasteiger partial charge in [-0.1, -0.05) is 18.2 Å². The Morgan fingerprint density at radius 1 is 1.17 bits per heavy atom. The van der Waals surface area contributed by atoms with Crippen molar-refractivity contribution in [2.24, 2.45) is 0 Å². The summed E-state index contributed by atoms with van der Waals surface area (Å²) in [6, 6.07) is 0. The Morgan fingerprint density at radius 2 is 1.83 bits per heavy atom. The topological polar surface area (TPSA) is 18.5 Å². The van der Waals surface area contributed by atoms with E-state index in [1.807, 2.05) is 26.0 Å². The molecule has 0 aliphatic carbocycles. The van der Waals surface area contributed by atoms with Gasteiger partial charge >= 0.3 is 0 Å². The van der Waals surface area contributed by atoms with Crippen LogP contribution < -0.4 is 0 Å². The maximum atomic E-state index is 5.29. The van der Waals surface area contributed by atoms with E-state index in [1.54, 1.807) is 6.08 Å². The minimum absolute atomic E-state index is 0.295. The molecule has 0 saturated carbocycles. The van der Waals surface area contributed by atoms with Crippen LogP contribution in [0, 0.1) is 0 Å². The first-order valence-corrected chi connectivity index (χ1v) is 4.22. The number of ether oxygens (including phenoxy) is 2. The van der Waals surface area contributed by atoms with E-state index in [0.717, 1.165) is 0 Å². The fourth-order valence-electron chi connectivity index (χ4n) is 0.604. The fourth-order valence-corrected chi connectivity index (χ4v) is 0.604. The van der Waals surface area contributed by atoms with E-state index < -0.39 is 0 Å². The molecule has 0 spiro atoms. The van der Waals surface area contributed by atoms with Crippen LogP contribution in [0.25, 0.3) is 0 Å². The third-order valence-electron chi connectivity index (χ3n) is 1.14. The summed E-state index contributed by atoms with van der Waals surface area (Å²) in [5.41, 5.74) is 0. The second-order valence-corrected chi connectivity index (χ2v) is 2.68. The summed E-state index contributed by atoms with van der Waals surface area (Å²) < 4.78 is 10.4. The average molecular weight is 170 g/mol. The molecule has 0 aromatic rings. The quantitative estimate of drug-likeness (QED) is 0.430. The van der Waals surface area contributed by atoms with Crippen molar-refractivity contribution in [2.45, 2.75) is 20.0 Å². The van der Waals surface area contributed by atoms with Gasteiger partial charge in [-0.25, -0.2) is 0 Å². The summed E-state index contributed by atoms with van der Waals surface area (Å²) in [6.07, 6.45) is 5.94. The van der Waals surface area contributed by atoms with Gasteiger partial charge in [0.15, 0.2) is 0 Å². The highest BCUT2D eigenvalue weighted by atomic mass is 16.5. The lowest BCUT2D eigenvalue weighted by molar-refractivity contribution is 0.102. The first-order valence-electron chi connectivity index (χ1n) is 4.22. The van der Waals surface area contributed by atoms with Crippen LogP contribution in [0.4, 0.5) is 0 Å². The second-order valence-electron chi connectivity index (χ2n) is 2.68. The molecule has 0 atom stereocenters. The van der Waals surface area contributed by atoms with Crippen LogP contribution in [0.5, 0.6) is 0 Å². The molecule has 0 rings (SSSR count). The molecular weight excluding hydrogens is 152 g/mol. The van der Waals surface area contributed by atoms with Gasteiger partial charge < -0.3 is 9.47 Å². The average Bonchev–Trinajstić information content (AvgIpc) is 2.02. The summed E-state index contributed by atoms with van der Waals surface area (Å²) in [5, 5.41) is 0. The van der Waals surface area contributed by atoms with Gasteiger partial charge in [-0.2, -0.15) is 0 Å². The Morgan fingerprint density at radius 3 is 2.42 bits per heavy atom. The first-order chi connectivity index (χ1) is 5.77. The number of rotatable bonds is 7. The zero-order valence-electron chi connectivity index (χ0n) is 7.95. The van der Waals surface area contributed by atoms with E-state index in [1.165, 1.54) is 0 Å². The predicted octanol–water partition coefficient (Wildman–Crippen LogP) is 2.17. The Hall–Kier alpha value is -0.600. The highest BCUT2D eigenvalue weighted by Gasteiger charge is 1.87. The zero-order chi connectivity index (χ0) is 9.23. The molecule has 0 saturated heterocycles. The lowest BCUT2D eigenvalue weighted by atomic mass is 10.4. The van der Waals surface area contributed by atoms with Crippen molar-refractivity contribution in [2.75, 3.05) is 19.8 Å². The van der Waals surface area contributed by atoms with Gasteiger partial charge in [-0.3, -0.25) is 0 Å². The van der Waals surface area contributed by atoms with Gasteiger partial charge in [0, 0.05) is 0 Å². The molecule has 0 bridgehead atoms. The molecule has 0 fully saturated rings. The van der Waals surface area contributed by atoms with E-state index in [9.17, 15) is 0 Å². The van der Waals surface area contributed by atoms with Crippen molar-refractivity contribution in [3.8, 4) is 0 Å². The first kappa shape index (κ1) is 11.4. The fraction of sp³-hybridized carbons (Fsp3) is 0.600. The van der Waals surface area contributed by atoms with Gasteiger partial charge in [0.2, 0.25) is 0 Å². The predicted molar refractivity (Wildman–Crippen MR) is 51.2 cm³/mol. The van der Waals surface area contributed by atoms with Crippen LogP contribution in [0.3, 0.4) is 0 Å². The molecule has 0 unspecified atom stereocenters. The van der Waals surface area contributed by atoms with E-state index >= 15 is 0 Å². The molecule has 2 nitrogen and oxygen atoms in total. The third kappa shape index (κ3) is 9.40. The molecule has 70 valence electrons. The molecule has 0 heterocycles. The van der Waals surface area contributed by atoms with E-state index in [2.05, 4.69) is 6.58 Å². The van der Waals surface area contributed by atoms with Crippen LogP contribution in [-0.4, -0.2) is 25.9 Å². The molecular formula is C10H18O2. The van der Waals surface area contributed by atoms with Crippen LogP contribution in [0.2, 0.25) is 0 Å². The Labute approximate surface area is 74.9 Å². The standard InChI is InChI=1S/C10H18O2/c1-4-7-11-8-5-6-9-12-10(2)3/h4-6,10H,1,7-9H2,2-3H3/b6-5+. The molecule has 0 aliphatic rings. The molecule has 0 aromatic carbocycles. The maximum absolute atomic E-state index is 5.29. The van der Waals surface area contributed by atoms with E-state index in [-0.39, 0.29) is 0 Å². The Balaban J connectivity index is 3.08. The molecule has 0 radical (unpaired) electrons.